The van der Waals surface area contributed by atoms with Crippen LogP contribution >= 0.6 is 0 Å². The molecule has 0 saturated carbocycles. The van der Waals surface area contributed by atoms with Crippen LogP contribution in [0.5, 0.6) is 0 Å². The van der Waals surface area contributed by atoms with Crippen molar-refractivity contribution in [1.29, 1.82) is 0 Å². The van der Waals surface area contributed by atoms with Crippen molar-refractivity contribution in [1.82, 2.24) is 4.90 Å². The Balaban J connectivity index is 1.74. The van der Waals surface area contributed by atoms with Crippen LogP contribution in [0.1, 0.15) is 32.1 Å². The Kier molecular flexibility index (Phi) is 3.27. The van der Waals surface area contributed by atoms with Crippen LogP contribution in [0.4, 0.5) is 0 Å². The molecule has 1 aliphatic carbocycles. The molecule has 1 amide bonds. The summed E-state index contributed by atoms with van der Waals surface area (Å²) in [6, 6.07) is 0. The maximum absolute atomic E-state index is 11.4. The zero-order valence-corrected chi connectivity index (χ0v) is 9.32. The number of hydrogen-bond donors (Lipinski definition) is 1. The number of carbonyl (C=O) groups is 2. The van der Waals surface area contributed by atoms with Crippen LogP contribution in [0.25, 0.3) is 0 Å². The monoisotopic (exact) mass is 223 g/mol. The summed E-state index contributed by atoms with van der Waals surface area (Å²) in [6.07, 6.45) is 8.00. The van der Waals surface area contributed by atoms with Crippen molar-refractivity contribution in [2.24, 2.45) is 5.92 Å². The predicted molar refractivity (Wildman–Crippen MR) is 58.9 cm³/mol. The fraction of sp³-hybridized carbons (Fsp3) is 0.667. The van der Waals surface area contributed by atoms with Crippen LogP contribution in [0, 0.1) is 5.92 Å². The summed E-state index contributed by atoms with van der Waals surface area (Å²) < 4.78 is 0. The number of hydrogen-bond acceptors (Lipinski definition) is 2. The highest BCUT2D eigenvalue weighted by Gasteiger charge is 2.41. The van der Waals surface area contributed by atoms with Crippen molar-refractivity contribution < 1.29 is 14.7 Å². The van der Waals surface area contributed by atoms with E-state index in [1.165, 1.54) is 18.4 Å². The Morgan fingerprint density at radius 3 is 2.88 bits per heavy atom. The van der Waals surface area contributed by atoms with E-state index in [2.05, 4.69) is 6.08 Å². The molecule has 0 aromatic heterocycles. The number of carbonyl (C=O) groups excluding carboxylic acids is 1. The zero-order chi connectivity index (χ0) is 11.5. The summed E-state index contributed by atoms with van der Waals surface area (Å²) in [5.41, 5.74) is 1.43. The average molecular weight is 223 g/mol. The van der Waals surface area contributed by atoms with Gasteiger partial charge >= 0.3 is 5.97 Å². The quantitative estimate of drug-likeness (QED) is 0.445. The van der Waals surface area contributed by atoms with Crippen LogP contribution in [0.3, 0.4) is 0 Å². The first-order valence-corrected chi connectivity index (χ1v) is 5.88. The van der Waals surface area contributed by atoms with Gasteiger partial charge in [0.2, 0.25) is 5.91 Å². The normalized spacial score (nSPS) is 25.0. The molecule has 1 heterocycles. The zero-order valence-electron chi connectivity index (χ0n) is 9.32. The van der Waals surface area contributed by atoms with Gasteiger partial charge < -0.3 is 10.0 Å². The van der Waals surface area contributed by atoms with E-state index in [1.807, 2.05) is 0 Å². The second-order valence-electron chi connectivity index (χ2n) is 4.53. The van der Waals surface area contributed by atoms with Gasteiger partial charge in [0.05, 0.1) is 0 Å². The molecule has 0 bridgehead atoms. The summed E-state index contributed by atoms with van der Waals surface area (Å²) >= 11 is 0. The van der Waals surface area contributed by atoms with Gasteiger partial charge in [0.25, 0.3) is 0 Å². The van der Waals surface area contributed by atoms with Crippen molar-refractivity contribution in [3.63, 3.8) is 0 Å². The number of carboxylic acid groups (broad SMARTS) is 1. The SMILES string of the molecule is O=C(O)C1CN(CCC2=CCCCC2)C1=O. The molecule has 2 rings (SSSR count). The summed E-state index contributed by atoms with van der Waals surface area (Å²) in [6.45, 7) is 1.08. The molecule has 4 nitrogen and oxygen atoms in total. The summed E-state index contributed by atoms with van der Waals surface area (Å²) in [5, 5.41) is 8.68. The fourth-order valence-corrected chi connectivity index (χ4v) is 2.29. The predicted octanol–water partition coefficient (Wildman–Crippen LogP) is 1.42. The van der Waals surface area contributed by atoms with E-state index >= 15 is 0 Å². The van der Waals surface area contributed by atoms with E-state index in [-0.39, 0.29) is 5.91 Å². The van der Waals surface area contributed by atoms with Crippen LogP contribution in [-0.2, 0) is 9.59 Å². The van der Waals surface area contributed by atoms with Crippen molar-refractivity contribution in [2.75, 3.05) is 13.1 Å². The molecule has 0 radical (unpaired) electrons. The molecular weight excluding hydrogens is 206 g/mol. The molecule has 0 aromatic carbocycles. The Morgan fingerprint density at radius 1 is 1.50 bits per heavy atom. The Bertz CT molecular complexity index is 335. The number of allylic oxidation sites excluding steroid dienone is 1. The van der Waals surface area contributed by atoms with E-state index in [4.69, 9.17) is 5.11 Å². The minimum atomic E-state index is -0.988. The second kappa shape index (κ2) is 4.68. The lowest BCUT2D eigenvalue weighted by molar-refractivity contribution is -0.161. The molecule has 1 atom stereocenters. The Morgan fingerprint density at radius 2 is 2.31 bits per heavy atom. The molecular formula is C12H17NO3. The first-order chi connectivity index (χ1) is 7.68. The number of aliphatic carboxylic acids is 1. The number of likely N-dealkylation sites (tertiary alicyclic amines) is 1. The molecule has 1 saturated heterocycles. The van der Waals surface area contributed by atoms with Gasteiger partial charge in [-0.3, -0.25) is 9.59 Å². The van der Waals surface area contributed by atoms with Gasteiger partial charge in [-0.15, -0.1) is 0 Å². The highest BCUT2D eigenvalue weighted by atomic mass is 16.4. The van der Waals surface area contributed by atoms with Gasteiger partial charge in [-0.05, 0) is 32.1 Å². The first-order valence-electron chi connectivity index (χ1n) is 5.88. The summed E-state index contributed by atoms with van der Waals surface area (Å²) in [7, 11) is 0. The summed E-state index contributed by atoms with van der Waals surface area (Å²) in [5.74, 6) is -1.98. The molecule has 1 aliphatic heterocycles. The van der Waals surface area contributed by atoms with Crippen LogP contribution in [0.15, 0.2) is 11.6 Å². The Hall–Kier alpha value is -1.32. The van der Waals surface area contributed by atoms with Gasteiger partial charge in [0, 0.05) is 13.1 Å². The maximum atomic E-state index is 11.4. The number of carboxylic acids is 1. The molecule has 1 fully saturated rings. The number of rotatable bonds is 4. The molecule has 0 aromatic rings. The van der Waals surface area contributed by atoms with Gasteiger partial charge in [-0.1, -0.05) is 11.6 Å². The fourth-order valence-electron chi connectivity index (χ4n) is 2.29. The topological polar surface area (TPSA) is 57.6 Å². The number of amides is 1. The minimum Gasteiger partial charge on any atom is -0.481 e. The highest BCUT2D eigenvalue weighted by molar-refractivity contribution is 6.01. The molecule has 4 heteroatoms. The van der Waals surface area contributed by atoms with Crippen molar-refractivity contribution in [3.05, 3.63) is 11.6 Å². The van der Waals surface area contributed by atoms with Crippen LogP contribution in [0.2, 0.25) is 0 Å². The molecule has 1 unspecified atom stereocenters. The number of nitrogens with zero attached hydrogens (tertiary/aromatic N) is 1. The standard InChI is InChI=1S/C12H17NO3/c14-11-10(12(15)16)8-13(11)7-6-9-4-2-1-3-5-9/h4,10H,1-3,5-8H2,(H,15,16). The third kappa shape index (κ3) is 2.26. The summed E-state index contributed by atoms with van der Waals surface area (Å²) in [4.78, 5) is 23.6. The van der Waals surface area contributed by atoms with E-state index < -0.39 is 11.9 Å². The minimum absolute atomic E-state index is 0.219. The van der Waals surface area contributed by atoms with E-state index in [0.717, 1.165) is 19.3 Å². The molecule has 0 spiro atoms. The molecule has 2 aliphatic rings. The lowest BCUT2D eigenvalue weighted by Crippen LogP contribution is -2.55. The van der Waals surface area contributed by atoms with E-state index in [1.54, 1.807) is 4.90 Å². The third-order valence-electron chi connectivity index (χ3n) is 3.40. The van der Waals surface area contributed by atoms with Crippen LogP contribution < -0.4 is 0 Å². The largest absolute Gasteiger partial charge is 0.481 e. The Labute approximate surface area is 94.9 Å². The van der Waals surface area contributed by atoms with Crippen molar-refractivity contribution >= 4 is 11.9 Å². The average Bonchev–Trinajstić information content (AvgIpc) is 2.28. The van der Waals surface area contributed by atoms with Gasteiger partial charge in [-0.2, -0.15) is 0 Å². The highest BCUT2D eigenvalue weighted by Crippen LogP contribution is 2.23. The molecule has 88 valence electrons. The second-order valence-corrected chi connectivity index (χ2v) is 4.53. The first kappa shape index (κ1) is 11.2. The smallest absolute Gasteiger partial charge is 0.317 e. The molecule has 1 N–H and O–H groups in total. The van der Waals surface area contributed by atoms with Crippen LogP contribution in [-0.4, -0.2) is 35.0 Å². The van der Waals surface area contributed by atoms with E-state index in [9.17, 15) is 9.59 Å². The van der Waals surface area contributed by atoms with Gasteiger partial charge in [-0.25, -0.2) is 0 Å². The molecule has 16 heavy (non-hydrogen) atoms. The lowest BCUT2D eigenvalue weighted by Gasteiger charge is -2.36. The van der Waals surface area contributed by atoms with Crippen molar-refractivity contribution in [3.8, 4) is 0 Å². The van der Waals surface area contributed by atoms with Gasteiger partial charge in [0.1, 0.15) is 0 Å². The van der Waals surface area contributed by atoms with E-state index in [0.29, 0.717) is 13.1 Å². The third-order valence-corrected chi connectivity index (χ3v) is 3.40. The lowest BCUT2D eigenvalue weighted by atomic mass is 9.94. The van der Waals surface area contributed by atoms with Crippen molar-refractivity contribution in [2.45, 2.75) is 32.1 Å². The maximum Gasteiger partial charge on any atom is 0.317 e. The van der Waals surface area contributed by atoms with Gasteiger partial charge in [0.15, 0.2) is 5.92 Å². The number of β-lactam (4-membered cyclic amide) rings is 1.